The number of hydrogen-bond donors (Lipinski definition) is 1. The van der Waals surface area contributed by atoms with E-state index in [2.05, 4.69) is 26.1 Å². The van der Waals surface area contributed by atoms with E-state index in [1.165, 1.54) is 18.2 Å². The summed E-state index contributed by atoms with van der Waals surface area (Å²) in [5.74, 6) is -0.456. The van der Waals surface area contributed by atoms with Crippen LogP contribution in [0.4, 0.5) is 8.78 Å². The molecule has 3 heteroatoms. The molecule has 0 saturated heterocycles. The number of nitrogens with one attached hydrogen (secondary N) is 1. The Bertz CT molecular complexity index is 417. The lowest BCUT2D eigenvalue weighted by molar-refractivity contribution is 0.349. The summed E-state index contributed by atoms with van der Waals surface area (Å²) in [5.41, 5.74) is 0.335. The predicted octanol–water partition coefficient (Wildman–Crippen LogP) is 4.24. The maximum Gasteiger partial charge on any atom is 0.129 e. The topological polar surface area (TPSA) is 12.0 Å². The lowest BCUT2D eigenvalue weighted by Gasteiger charge is -2.27. The zero-order valence-electron chi connectivity index (χ0n) is 12.0. The van der Waals surface area contributed by atoms with Crippen molar-refractivity contribution in [1.82, 2.24) is 5.32 Å². The molecule has 1 aliphatic carbocycles. The molecule has 19 heavy (non-hydrogen) atoms. The van der Waals surface area contributed by atoms with Gasteiger partial charge in [0.15, 0.2) is 0 Å². The van der Waals surface area contributed by atoms with Crippen molar-refractivity contribution in [3.05, 3.63) is 35.4 Å². The molecule has 0 heterocycles. The molecule has 0 radical (unpaired) electrons. The molecule has 1 fully saturated rings. The van der Waals surface area contributed by atoms with Gasteiger partial charge in [0.25, 0.3) is 0 Å². The summed E-state index contributed by atoms with van der Waals surface area (Å²) < 4.78 is 27.8. The first-order chi connectivity index (χ1) is 8.88. The molecule has 1 aliphatic rings. The Morgan fingerprint density at radius 3 is 2.37 bits per heavy atom. The third-order valence-electron chi connectivity index (χ3n) is 3.92. The van der Waals surface area contributed by atoms with Crippen molar-refractivity contribution in [2.75, 3.05) is 6.54 Å². The van der Waals surface area contributed by atoms with Gasteiger partial charge in [-0.3, -0.25) is 0 Å². The first kappa shape index (κ1) is 14.4. The predicted molar refractivity (Wildman–Crippen MR) is 74.2 cm³/mol. The lowest BCUT2D eigenvalue weighted by Crippen LogP contribution is -2.39. The number of benzene rings is 1. The van der Waals surface area contributed by atoms with Gasteiger partial charge in [0, 0.05) is 11.1 Å². The highest BCUT2D eigenvalue weighted by Crippen LogP contribution is 2.41. The van der Waals surface area contributed by atoms with Crippen molar-refractivity contribution in [2.45, 2.75) is 51.5 Å². The standard InChI is InChI=1S/C16H23F2N/c1-16(2,3)19-10-11-6-4-7-12(11)15-13(17)8-5-9-14(15)18/h5,8-9,11-12,19H,4,6-7,10H2,1-3H3. The van der Waals surface area contributed by atoms with Crippen molar-refractivity contribution >= 4 is 0 Å². The molecule has 2 atom stereocenters. The van der Waals surface area contributed by atoms with Crippen molar-refractivity contribution in [3.63, 3.8) is 0 Å². The lowest BCUT2D eigenvalue weighted by atomic mass is 9.87. The number of halogens is 2. The molecule has 0 spiro atoms. The zero-order valence-corrected chi connectivity index (χ0v) is 12.0. The Hall–Kier alpha value is -0.960. The Morgan fingerprint density at radius 1 is 1.16 bits per heavy atom. The summed E-state index contributed by atoms with van der Waals surface area (Å²) in [7, 11) is 0. The van der Waals surface area contributed by atoms with Crippen molar-refractivity contribution < 1.29 is 8.78 Å². The van der Waals surface area contributed by atoms with Gasteiger partial charge in [0.1, 0.15) is 11.6 Å². The van der Waals surface area contributed by atoms with Crippen LogP contribution in [-0.4, -0.2) is 12.1 Å². The summed E-state index contributed by atoms with van der Waals surface area (Å²) in [6.07, 6.45) is 2.98. The fourth-order valence-corrected chi connectivity index (χ4v) is 2.96. The second-order valence-electron chi connectivity index (χ2n) is 6.56. The van der Waals surface area contributed by atoms with Gasteiger partial charge in [-0.15, -0.1) is 0 Å². The number of hydrogen-bond acceptors (Lipinski definition) is 1. The smallest absolute Gasteiger partial charge is 0.129 e. The molecule has 2 unspecified atom stereocenters. The molecule has 1 N–H and O–H groups in total. The Labute approximate surface area is 114 Å². The van der Waals surface area contributed by atoms with Crippen LogP contribution in [0.5, 0.6) is 0 Å². The van der Waals surface area contributed by atoms with E-state index in [9.17, 15) is 8.78 Å². The van der Waals surface area contributed by atoms with Gasteiger partial charge >= 0.3 is 0 Å². The average Bonchev–Trinajstić information content (AvgIpc) is 2.73. The largest absolute Gasteiger partial charge is 0.312 e. The quantitative estimate of drug-likeness (QED) is 0.864. The van der Waals surface area contributed by atoms with E-state index in [-0.39, 0.29) is 11.5 Å². The van der Waals surface area contributed by atoms with Gasteiger partial charge in [-0.05, 0) is 64.1 Å². The monoisotopic (exact) mass is 267 g/mol. The van der Waals surface area contributed by atoms with Crippen molar-refractivity contribution in [2.24, 2.45) is 5.92 Å². The average molecular weight is 267 g/mol. The SMILES string of the molecule is CC(C)(C)NCC1CCCC1c1c(F)cccc1F. The van der Waals surface area contributed by atoms with Crippen molar-refractivity contribution in [3.8, 4) is 0 Å². The molecule has 0 aromatic heterocycles. The van der Waals surface area contributed by atoms with E-state index >= 15 is 0 Å². The molecule has 106 valence electrons. The molecule has 2 rings (SSSR count). The molecule has 0 amide bonds. The minimum Gasteiger partial charge on any atom is -0.312 e. The first-order valence-electron chi connectivity index (χ1n) is 7.07. The van der Waals surface area contributed by atoms with Gasteiger partial charge in [-0.2, -0.15) is 0 Å². The van der Waals surface area contributed by atoms with Gasteiger partial charge in [0.2, 0.25) is 0 Å². The number of rotatable bonds is 3. The van der Waals surface area contributed by atoms with Crippen LogP contribution >= 0.6 is 0 Å². The summed E-state index contributed by atoms with van der Waals surface area (Å²) in [4.78, 5) is 0. The van der Waals surface area contributed by atoms with E-state index in [0.29, 0.717) is 11.5 Å². The van der Waals surface area contributed by atoms with E-state index < -0.39 is 11.6 Å². The Kier molecular flexibility index (Phi) is 4.24. The second kappa shape index (κ2) is 5.58. The first-order valence-corrected chi connectivity index (χ1v) is 7.07. The Morgan fingerprint density at radius 2 is 1.79 bits per heavy atom. The summed E-state index contributed by atoms with van der Waals surface area (Å²) >= 11 is 0. The molecule has 0 bridgehead atoms. The maximum atomic E-state index is 13.9. The van der Waals surface area contributed by atoms with Gasteiger partial charge in [0.05, 0.1) is 0 Å². The van der Waals surface area contributed by atoms with Crippen LogP contribution in [0.2, 0.25) is 0 Å². The van der Waals surface area contributed by atoms with Gasteiger partial charge in [-0.1, -0.05) is 12.5 Å². The maximum absolute atomic E-state index is 13.9. The minimum atomic E-state index is -0.396. The highest BCUT2D eigenvalue weighted by molar-refractivity contribution is 5.25. The molecular weight excluding hydrogens is 244 g/mol. The third-order valence-corrected chi connectivity index (χ3v) is 3.92. The highest BCUT2D eigenvalue weighted by Gasteiger charge is 2.32. The van der Waals surface area contributed by atoms with Crippen LogP contribution < -0.4 is 5.32 Å². The normalized spacial score (nSPS) is 23.8. The van der Waals surface area contributed by atoms with Crippen molar-refractivity contribution in [1.29, 1.82) is 0 Å². The second-order valence-corrected chi connectivity index (χ2v) is 6.56. The molecule has 1 aromatic carbocycles. The van der Waals surface area contributed by atoms with Crippen LogP contribution in [0, 0.1) is 17.6 Å². The molecule has 1 saturated carbocycles. The fraction of sp³-hybridized carbons (Fsp3) is 0.625. The highest BCUT2D eigenvalue weighted by atomic mass is 19.1. The van der Waals surface area contributed by atoms with Crippen LogP contribution in [0.3, 0.4) is 0 Å². The third kappa shape index (κ3) is 3.53. The fourth-order valence-electron chi connectivity index (χ4n) is 2.96. The summed E-state index contributed by atoms with van der Waals surface area (Å²) in [6.45, 7) is 7.16. The summed E-state index contributed by atoms with van der Waals surface area (Å²) in [6, 6.07) is 4.17. The van der Waals surface area contributed by atoms with Gasteiger partial charge < -0.3 is 5.32 Å². The van der Waals surface area contributed by atoms with E-state index in [1.54, 1.807) is 0 Å². The zero-order chi connectivity index (χ0) is 14.0. The van der Waals surface area contributed by atoms with Crippen LogP contribution in [0.1, 0.15) is 51.5 Å². The molecule has 0 aliphatic heterocycles. The van der Waals surface area contributed by atoms with Gasteiger partial charge in [-0.25, -0.2) is 8.78 Å². The molecular formula is C16H23F2N. The summed E-state index contributed by atoms with van der Waals surface area (Å²) in [5, 5.41) is 3.46. The van der Waals surface area contributed by atoms with Crippen LogP contribution in [-0.2, 0) is 0 Å². The van der Waals surface area contributed by atoms with Crippen LogP contribution in [0.15, 0.2) is 18.2 Å². The van der Waals surface area contributed by atoms with E-state index in [1.807, 2.05) is 0 Å². The molecule has 1 aromatic rings. The van der Waals surface area contributed by atoms with Crippen LogP contribution in [0.25, 0.3) is 0 Å². The molecule has 1 nitrogen and oxygen atoms in total. The minimum absolute atomic E-state index is 0.0102. The Balaban J connectivity index is 2.15. The van der Waals surface area contributed by atoms with E-state index in [0.717, 1.165) is 25.8 Å². The van der Waals surface area contributed by atoms with E-state index in [4.69, 9.17) is 0 Å².